The summed E-state index contributed by atoms with van der Waals surface area (Å²) in [6.45, 7) is 4.27. The van der Waals surface area contributed by atoms with Crippen LogP contribution in [0.2, 0.25) is 0 Å². The van der Waals surface area contributed by atoms with Crippen LogP contribution in [-0.4, -0.2) is 12.1 Å². The Morgan fingerprint density at radius 3 is 2.60 bits per heavy atom. The summed E-state index contributed by atoms with van der Waals surface area (Å²) < 4.78 is 5.24. The number of aromatic nitrogens is 1. The number of nitrogens with zero attached hydrogens (tertiary/aromatic N) is 1. The monoisotopic (exact) mass is 263 g/mol. The van der Waals surface area contributed by atoms with Crippen molar-refractivity contribution < 1.29 is 4.74 Å². The van der Waals surface area contributed by atoms with Crippen molar-refractivity contribution in [1.82, 2.24) is 4.98 Å². The fourth-order valence-corrected chi connectivity index (χ4v) is 2.41. The SMILES string of the molecule is COc1ccc2nc(-c3cccc(C)c3C)ccc2c1. The number of pyridine rings is 1. The van der Waals surface area contributed by atoms with Crippen LogP contribution in [0.5, 0.6) is 5.75 Å². The zero-order chi connectivity index (χ0) is 14.1. The second-order valence-corrected chi connectivity index (χ2v) is 5.00. The molecule has 0 aliphatic heterocycles. The third kappa shape index (κ3) is 2.14. The Morgan fingerprint density at radius 2 is 1.80 bits per heavy atom. The van der Waals surface area contributed by atoms with E-state index in [9.17, 15) is 0 Å². The zero-order valence-corrected chi connectivity index (χ0v) is 12.0. The first kappa shape index (κ1) is 12.7. The van der Waals surface area contributed by atoms with Gasteiger partial charge in [-0.1, -0.05) is 24.3 Å². The fourth-order valence-electron chi connectivity index (χ4n) is 2.41. The third-order valence-corrected chi connectivity index (χ3v) is 3.78. The highest BCUT2D eigenvalue weighted by Gasteiger charge is 2.06. The Balaban J connectivity index is 2.16. The number of aryl methyl sites for hydroxylation is 1. The van der Waals surface area contributed by atoms with Crippen LogP contribution < -0.4 is 4.74 Å². The smallest absolute Gasteiger partial charge is 0.119 e. The van der Waals surface area contributed by atoms with Gasteiger partial charge in [-0.25, -0.2) is 4.98 Å². The Morgan fingerprint density at radius 1 is 0.950 bits per heavy atom. The molecule has 0 saturated carbocycles. The van der Waals surface area contributed by atoms with E-state index in [0.29, 0.717) is 0 Å². The van der Waals surface area contributed by atoms with Gasteiger partial charge in [0.15, 0.2) is 0 Å². The molecule has 20 heavy (non-hydrogen) atoms. The van der Waals surface area contributed by atoms with Crippen LogP contribution in [0.1, 0.15) is 11.1 Å². The van der Waals surface area contributed by atoms with E-state index in [-0.39, 0.29) is 0 Å². The van der Waals surface area contributed by atoms with Gasteiger partial charge in [-0.05, 0) is 49.2 Å². The average Bonchev–Trinajstić information content (AvgIpc) is 2.49. The van der Waals surface area contributed by atoms with Crippen molar-refractivity contribution in [3.05, 3.63) is 59.7 Å². The van der Waals surface area contributed by atoms with E-state index in [4.69, 9.17) is 9.72 Å². The molecule has 3 rings (SSSR count). The second kappa shape index (κ2) is 4.97. The predicted molar refractivity (Wildman–Crippen MR) is 83.2 cm³/mol. The van der Waals surface area contributed by atoms with Gasteiger partial charge in [-0.3, -0.25) is 0 Å². The lowest BCUT2D eigenvalue weighted by molar-refractivity contribution is 0.415. The van der Waals surface area contributed by atoms with Crippen molar-refractivity contribution in [2.45, 2.75) is 13.8 Å². The van der Waals surface area contributed by atoms with E-state index in [2.05, 4.69) is 44.2 Å². The molecule has 0 bridgehead atoms. The maximum atomic E-state index is 5.24. The van der Waals surface area contributed by atoms with Crippen LogP contribution in [0.3, 0.4) is 0 Å². The molecule has 0 spiro atoms. The molecule has 2 aromatic carbocycles. The molecule has 0 N–H and O–H groups in total. The number of benzene rings is 2. The summed E-state index contributed by atoms with van der Waals surface area (Å²) in [5.74, 6) is 0.860. The van der Waals surface area contributed by atoms with Crippen LogP contribution in [0.4, 0.5) is 0 Å². The summed E-state index contributed by atoms with van der Waals surface area (Å²) >= 11 is 0. The van der Waals surface area contributed by atoms with Gasteiger partial charge in [0.05, 0.1) is 18.3 Å². The molecule has 0 unspecified atom stereocenters. The summed E-state index contributed by atoms with van der Waals surface area (Å²) in [5.41, 5.74) is 5.78. The molecule has 100 valence electrons. The van der Waals surface area contributed by atoms with Crippen molar-refractivity contribution in [3.8, 4) is 17.0 Å². The van der Waals surface area contributed by atoms with Crippen LogP contribution in [0.25, 0.3) is 22.2 Å². The van der Waals surface area contributed by atoms with Gasteiger partial charge in [-0.15, -0.1) is 0 Å². The number of ether oxygens (including phenoxy) is 1. The Kier molecular flexibility index (Phi) is 3.15. The van der Waals surface area contributed by atoms with Gasteiger partial charge in [0.2, 0.25) is 0 Å². The first-order valence-electron chi connectivity index (χ1n) is 6.70. The lowest BCUT2D eigenvalue weighted by Crippen LogP contribution is -1.91. The topological polar surface area (TPSA) is 22.1 Å². The molecule has 1 aromatic heterocycles. The molecule has 1 heterocycles. The summed E-state index contributed by atoms with van der Waals surface area (Å²) in [5, 5.41) is 1.10. The predicted octanol–water partition coefficient (Wildman–Crippen LogP) is 4.53. The van der Waals surface area contributed by atoms with Gasteiger partial charge >= 0.3 is 0 Å². The van der Waals surface area contributed by atoms with E-state index < -0.39 is 0 Å². The standard InChI is InChI=1S/C18H17NO/c1-12-5-4-6-16(13(12)2)18-9-7-14-11-15(20-3)8-10-17(14)19-18/h4-11H,1-3H3. The Hall–Kier alpha value is -2.35. The molecule has 2 nitrogen and oxygen atoms in total. The number of methoxy groups -OCH3 is 1. The van der Waals surface area contributed by atoms with Crippen LogP contribution in [0.15, 0.2) is 48.5 Å². The average molecular weight is 263 g/mol. The normalized spacial score (nSPS) is 10.8. The van der Waals surface area contributed by atoms with Gasteiger partial charge in [0.1, 0.15) is 5.75 Å². The van der Waals surface area contributed by atoms with Crippen molar-refractivity contribution in [3.63, 3.8) is 0 Å². The van der Waals surface area contributed by atoms with Crippen molar-refractivity contribution in [2.75, 3.05) is 7.11 Å². The maximum absolute atomic E-state index is 5.24. The molecule has 0 saturated heterocycles. The third-order valence-electron chi connectivity index (χ3n) is 3.78. The highest BCUT2D eigenvalue weighted by Crippen LogP contribution is 2.27. The number of hydrogen-bond acceptors (Lipinski definition) is 2. The second-order valence-electron chi connectivity index (χ2n) is 5.00. The minimum Gasteiger partial charge on any atom is -0.497 e. The van der Waals surface area contributed by atoms with Crippen molar-refractivity contribution in [2.24, 2.45) is 0 Å². The molecule has 0 aliphatic carbocycles. The van der Waals surface area contributed by atoms with Crippen molar-refractivity contribution >= 4 is 10.9 Å². The van der Waals surface area contributed by atoms with E-state index >= 15 is 0 Å². The first-order chi connectivity index (χ1) is 9.69. The van der Waals surface area contributed by atoms with E-state index in [0.717, 1.165) is 22.3 Å². The van der Waals surface area contributed by atoms with Gasteiger partial charge in [0.25, 0.3) is 0 Å². The largest absolute Gasteiger partial charge is 0.497 e. The molecular formula is C18H17NO. The van der Waals surface area contributed by atoms with Crippen LogP contribution in [-0.2, 0) is 0 Å². The minimum atomic E-state index is 0.860. The number of hydrogen-bond donors (Lipinski definition) is 0. The number of fused-ring (bicyclic) bond motifs is 1. The van der Waals surface area contributed by atoms with Crippen LogP contribution >= 0.6 is 0 Å². The lowest BCUT2D eigenvalue weighted by Gasteiger charge is -2.09. The molecule has 2 heteroatoms. The van der Waals surface area contributed by atoms with Gasteiger partial charge in [0, 0.05) is 10.9 Å². The minimum absolute atomic E-state index is 0.860. The van der Waals surface area contributed by atoms with Gasteiger partial charge in [-0.2, -0.15) is 0 Å². The molecule has 0 aliphatic rings. The zero-order valence-electron chi connectivity index (χ0n) is 12.0. The quantitative estimate of drug-likeness (QED) is 0.677. The van der Waals surface area contributed by atoms with E-state index in [1.165, 1.54) is 16.7 Å². The maximum Gasteiger partial charge on any atom is 0.119 e. The summed E-state index contributed by atoms with van der Waals surface area (Å²) in [6, 6.07) is 16.5. The fraction of sp³-hybridized carbons (Fsp3) is 0.167. The Labute approximate surface area is 119 Å². The Bertz CT molecular complexity index is 777. The molecular weight excluding hydrogens is 246 g/mol. The number of rotatable bonds is 2. The molecule has 0 atom stereocenters. The van der Waals surface area contributed by atoms with Crippen LogP contribution in [0, 0.1) is 13.8 Å². The van der Waals surface area contributed by atoms with E-state index in [1.54, 1.807) is 7.11 Å². The highest BCUT2D eigenvalue weighted by atomic mass is 16.5. The highest BCUT2D eigenvalue weighted by molar-refractivity contribution is 5.83. The first-order valence-corrected chi connectivity index (χ1v) is 6.70. The molecule has 3 aromatic rings. The lowest BCUT2D eigenvalue weighted by atomic mass is 10.00. The molecule has 0 amide bonds. The molecule has 0 radical (unpaired) electrons. The van der Waals surface area contributed by atoms with Gasteiger partial charge < -0.3 is 4.74 Å². The van der Waals surface area contributed by atoms with Crippen molar-refractivity contribution in [1.29, 1.82) is 0 Å². The molecule has 0 fully saturated rings. The summed E-state index contributed by atoms with van der Waals surface area (Å²) in [6.07, 6.45) is 0. The summed E-state index contributed by atoms with van der Waals surface area (Å²) in [7, 11) is 1.68. The van der Waals surface area contributed by atoms with E-state index in [1.807, 2.05) is 18.2 Å². The summed E-state index contributed by atoms with van der Waals surface area (Å²) in [4.78, 5) is 4.77.